The van der Waals surface area contributed by atoms with Gasteiger partial charge in [-0.3, -0.25) is 9.59 Å². The number of amides is 4. The number of benzene rings is 3. The van der Waals surface area contributed by atoms with Crippen LogP contribution in [0.4, 0.5) is 9.59 Å². The number of nitrogens with zero attached hydrogens (tertiary/aromatic N) is 7. The normalized spacial score (nSPS) is 18.1. The van der Waals surface area contributed by atoms with Crippen LogP contribution in [0.2, 0.25) is 0 Å². The van der Waals surface area contributed by atoms with Crippen molar-refractivity contribution in [3.8, 4) is 50.6 Å². The lowest BCUT2D eigenvalue weighted by atomic mass is 10.0. The van der Waals surface area contributed by atoms with Crippen molar-refractivity contribution in [1.29, 1.82) is 0 Å². The maximum atomic E-state index is 13.9. The van der Waals surface area contributed by atoms with Crippen molar-refractivity contribution >= 4 is 40.4 Å². The SMILES string of the molecule is COC(=O)N[C@H](C(=O)N1CCC[C@H]1c1ncc(-c2ccc3c(c2)OC(c2ccc(-c4ccc5cncn5c4)cc2)n2c-3cc3cc(-c4cnc([C@@H]5CCCN5C(=O)[C@@H](NC(=O)OC)C(C)C)[nH]4)ccc32)[nH]1)C(C)C. The van der Waals surface area contributed by atoms with Gasteiger partial charge in [-0.2, -0.15) is 0 Å². The van der Waals surface area contributed by atoms with Crippen LogP contribution in [0, 0.1) is 11.8 Å². The van der Waals surface area contributed by atoms with Gasteiger partial charge in [-0.05, 0) is 85.0 Å². The van der Waals surface area contributed by atoms with E-state index in [9.17, 15) is 19.2 Å². The number of methoxy groups -OCH3 is 2. The minimum Gasteiger partial charge on any atom is -0.465 e. The van der Waals surface area contributed by atoms with E-state index in [0.717, 1.165) is 92.6 Å². The highest BCUT2D eigenvalue weighted by atomic mass is 16.5. The standard InChI is InChI=1S/C56H59N11O7/c1-31(2)48(62-55(70)72-5)52(68)65-21-7-9-44(65)50-58-27-41(60-50)35-17-20-43-38(23-35)24-46-40-19-16-36(42-28-59-51(61-42)45-10-8-22-66(45)53(69)49(32(3)4)63-56(71)73-6)25-47(40)74-54(67(43)46)34-13-11-33(12-14-34)37-15-18-39-26-57-30-64(39)29-37/h11-20,23-32,44-45,48-49,54H,7-10,21-22H2,1-6H3,(H,58,60)(H,59,61)(H,62,70)(H,63,71)/t44-,45-,48-,49-,54?/m0/s1. The van der Waals surface area contributed by atoms with E-state index in [1.165, 1.54) is 14.2 Å². The summed E-state index contributed by atoms with van der Waals surface area (Å²) in [5.41, 5.74) is 10.4. The molecule has 2 saturated heterocycles. The molecule has 4 N–H and O–H groups in total. The van der Waals surface area contributed by atoms with Crippen LogP contribution >= 0.6 is 0 Å². The van der Waals surface area contributed by atoms with Gasteiger partial charge in [-0.15, -0.1) is 0 Å². The number of hydrogen-bond acceptors (Lipinski definition) is 10. The molecule has 0 spiro atoms. The molecule has 5 atom stereocenters. The third kappa shape index (κ3) is 8.76. The van der Waals surface area contributed by atoms with E-state index >= 15 is 0 Å². The Kier molecular flexibility index (Phi) is 12.7. The zero-order valence-electron chi connectivity index (χ0n) is 42.2. The van der Waals surface area contributed by atoms with E-state index in [1.54, 1.807) is 12.5 Å². The van der Waals surface area contributed by atoms with Crippen molar-refractivity contribution < 1.29 is 33.4 Å². The van der Waals surface area contributed by atoms with E-state index in [1.807, 2.05) is 60.4 Å². The highest BCUT2D eigenvalue weighted by Crippen LogP contribution is 2.47. The largest absolute Gasteiger partial charge is 0.465 e. The third-order valence-electron chi connectivity index (χ3n) is 14.8. The van der Waals surface area contributed by atoms with Gasteiger partial charge in [0.05, 0.1) is 79.3 Å². The van der Waals surface area contributed by atoms with E-state index < -0.39 is 30.5 Å². The summed E-state index contributed by atoms with van der Waals surface area (Å²) in [7, 11) is 2.58. The molecule has 74 heavy (non-hydrogen) atoms. The zero-order valence-corrected chi connectivity index (χ0v) is 42.2. The number of imidazole rings is 3. The van der Waals surface area contributed by atoms with Crippen LogP contribution in [0.3, 0.4) is 0 Å². The summed E-state index contributed by atoms with van der Waals surface area (Å²) in [6.07, 6.45) is 10.6. The molecular formula is C56H59N11O7. The lowest BCUT2D eigenvalue weighted by molar-refractivity contribution is -0.136. The quantitative estimate of drug-likeness (QED) is 0.0912. The second kappa shape index (κ2) is 19.5. The molecule has 3 aliphatic heterocycles. The first kappa shape index (κ1) is 47.9. The minimum atomic E-state index is -0.735. The summed E-state index contributed by atoms with van der Waals surface area (Å²) in [5.74, 6) is 1.46. The number of H-pyrrole nitrogens is 2. The van der Waals surface area contributed by atoms with Gasteiger partial charge in [-0.25, -0.2) is 24.5 Å². The third-order valence-corrected chi connectivity index (χ3v) is 14.8. The van der Waals surface area contributed by atoms with E-state index in [4.69, 9.17) is 24.2 Å². The van der Waals surface area contributed by atoms with Crippen LogP contribution in [-0.2, 0) is 19.1 Å². The monoisotopic (exact) mass is 997 g/mol. The van der Waals surface area contributed by atoms with Crippen molar-refractivity contribution in [1.82, 2.24) is 54.3 Å². The maximum Gasteiger partial charge on any atom is 0.407 e. The summed E-state index contributed by atoms with van der Waals surface area (Å²) in [4.78, 5) is 76.8. The summed E-state index contributed by atoms with van der Waals surface area (Å²) in [5, 5.41) is 6.46. The number of fused-ring (bicyclic) bond motifs is 6. The number of ether oxygens (including phenoxy) is 3. The van der Waals surface area contributed by atoms with Gasteiger partial charge >= 0.3 is 12.2 Å². The van der Waals surface area contributed by atoms with E-state index in [2.05, 4.69) is 109 Å². The van der Waals surface area contributed by atoms with Gasteiger partial charge in [0.15, 0.2) is 0 Å². The molecule has 5 aromatic heterocycles. The predicted octanol–water partition coefficient (Wildman–Crippen LogP) is 9.43. The second-order valence-electron chi connectivity index (χ2n) is 20.1. The van der Waals surface area contributed by atoms with Crippen LogP contribution in [-0.4, -0.2) is 107 Å². The lowest BCUT2D eigenvalue weighted by Gasteiger charge is -2.31. The molecule has 8 heterocycles. The zero-order chi connectivity index (χ0) is 51.4. The Labute approximate surface area is 427 Å². The van der Waals surface area contributed by atoms with Gasteiger partial charge in [0.1, 0.15) is 29.5 Å². The maximum absolute atomic E-state index is 13.9. The van der Waals surface area contributed by atoms with Crippen LogP contribution in [0.25, 0.3) is 61.3 Å². The molecule has 4 amide bonds. The number of carbonyl (C=O) groups excluding carboxylic acids is 4. The first-order valence-corrected chi connectivity index (χ1v) is 25.3. The molecule has 3 aliphatic rings. The van der Waals surface area contributed by atoms with Crippen molar-refractivity contribution in [2.45, 2.75) is 83.8 Å². The molecule has 0 aliphatic carbocycles. The Morgan fingerprint density at radius 3 is 1.84 bits per heavy atom. The molecular weight excluding hydrogens is 939 g/mol. The second-order valence-corrected chi connectivity index (χ2v) is 20.1. The van der Waals surface area contributed by atoms with Gasteiger partial charge in [0, 0.05) is 46.9 Å². The van der Waals surface area contributed by atoms with Gasteiger partial charge in [0.25, 0.3) is 0 Å². The molecule has 11 rings (SSSR count). The fourth-order valence-corrected chi connectivity index (χ4v) is 10.9. The van der Waals surface area contributed by atoms with Crippen LogP contribution in [0.5, 0.6) is 5.75 Å². The van der Waals surface area contributed by atoms with E-state index in [0.29, 0.717) is 30.5 Å². The highest BCUT2D eigenvalue weighted by molar-refractivity contribution is 5.93. The Hall–Kier alpha value is -8.41. The molecule has 0 bridgehead atoms. The van der Waals surface area contributed by atoms with Gasteiger partial charge in [-0.1, -0.05) is 70.2 Å². The number of pyridine rings is 1. The van der Waals surface area contributed by atoms with Crippen molar-refractivity contribution in [2.24, 2.45) is 11.8 Å². The lowest BCUT2D eigenvalue weighted by Crippen LogP contribution is -2.51. The average Bonchev–Trinajstić information content (AvgIpc) is 4.29. The highest BCUT2D eigenvalue weighted by Gasteiger charge is 2.39. The molecule has 18 heteroatoms. The first-order valence-electron chi connectivity index (χ1n) is 25.3. The van der Waals surface area contributed by atoms with Crippen molar-refractivity contribution in [2.75, 3.05) is 27.3 Å². The van der Waals surface area contributed by atoms with E-state index in [-0.39, 0.29) is 35.7 Å². The predicted molar refractivity (Wildman–Crippen MR) is 278 cm³/mol. The summed E-state index contributed by atoms with van der Waals surface area (Å²) in [6, 6.07) is 25.4. The molecule has 2 fully saturated rings. The molecule has 8 aromatic rings. The number of aromatic nitrogens is 7. The topological polar surface area (TPSA) is 206 Å². The van der Waals surface area contributed by atoms with Crippen LogP contribution in [0.15, 0.2) is 110 Å². The molecule has 1 unspecified atom stereocenters. The number of alkyl carbamates (subject to hydrolysis) is 2. The molecule has 0 saturated carbocycles. The Balaban J connectivity index is 0.918. The molecule has 380 valence electrons. The van der Waals surface area contributed by atoms with Crippen molar-refractivity contribution in [3.63, 3.8) is 0 Å². The fourth-order valence-electron chi connectivity index (χ4n) is 10.9. The number of rotatable bonds is 12. The number of likely N-dealkylation sites (tertiary alicyclic amines) is 2. The number of hydrogen-bond donors (Lipinski definition) is 4. The Bertz CT molecular complexity index is 3420. The summed E-state index contributed by atoms with van der Waals surface area (Å²) < 4.78 is 21.0. The first-order chi connectivity index (χ1) is 35.9. The average molecular weight is 998 g/mol. The van der Waals surface area contributed by atoms with Crippen LogP contribution < -0.4 is 15.4 Å². The molecule has 18 nitrogen and oxygen atoms in total. The Morgan fingerprint density at radius 2 is 1.24 bits per heavy atom. The number of nitrogens with one attached hydrogen (secondary N) is 4. The van der Waals surface area contributed by atoms with Crippen molar-refractivity contribution in [3.05, 3.63) is 127 Å². The van der Waals surface area contributed by atoms with Gasteiger partial charge in [0.2, 0.25) is 18.0 Å². The minimum absolute atomic E-state index is 0.140. The summed E-state index contributed by atoms with van der Waals surface area (Å²) in [6.45, 7) is 8.73. The molecule has 3 aromatic carbocycles. The number of aromatic amines is 2. The fraction of sp³-hybridized carbons (Fsp3) is 0.339. The molecule has 0 radical (unpaired) electrons. The summed E-state index contributed by atoms with van der Waals surface area (Å²) >= 11 is 0. The number of carbonyl (C=O) groups is 4. The van der Waals surface area contributed by atoms with Gasteiger partial charge < -0.3 is 53.6 Å². The Morgan fingerprint density at radius 1 is 0.676 bits per heavy atom. The smallest absolute Gasteiger partial charge is 0.407 e. The van der Waals surface area contributed by atoms with Crippen LogP contribution in [0.1, 0.15) is 88.9 Å².